The highest BCUT2D eigenvalue weighted by Crippen LogP contribution is 2.14. The fourth-order valence-electron chi connectivity index (χ4n) is 2.52. The van der Waals surface area contributed by atoms with Crippen LogP contribution in [0, 0.1) is 23.7 Å². The summed E-state index contributed by atoms with van der Waals surface area (Å²) < 4.78 is 20.2. The minimum Gasteiger partial charge on any atom is -0.455 e. The lowest BCUT2D eigenvalue weighted by molar-refractivity contribution is -0.148. The molecule has 2 atom stereocenters. The molecule has 36 heavy (non-hydrogen) atoms. The van der Waals surface area contributed by atoms with Crippen molar-refractivity contribution in [2.45, 2.75) is 80.4 Å². The first-order valence-corrected chi connectivity index (χ1v) is 13.8. The van der Waals surface area contributed by atoms with Gasteiger partial charge in [0, 0.05) is 13.1 Å². The SMILES string of the molecule is CC(C)C(CNC(=O)OC(C)(C)C)C(=O)OCCl.CC(C)C(CNC(=O)OC(C)(C)C)C(=O)OCI. The van der Waals surface area contributed by atoms with Gasteiger partial charge in [0.25, 0.3) is 0 Å². The number of alkyl halides is 2. The predicted octanol–water partition coefficient (Wildman–Crippen LogP) is 5.24. The van der Waals surface area contributed by atoms with Crippen LogP contribution in [0.5, 0.6) is 0 Å². The second kappa shape index (κ2) is 17.9. The highest BCUT2D eigenvalue weighted by molar-refractivity contribution is 14.1. The van der Waals surface area contributed by atoms with Crippen molar-refractivity contribution in [2.75, 3.05) is 23.8 Å². The molecule has 10 nitrogen and oxygen atoms in total. The van der Waals surface area contributed by atoms with E-state index in [1.165, 1.54) is 0 Å². The van der Waals surface area contributed by atoms with Gasteiger partial charge >= 0.3 is 24.1 Å². The zero-order valence-electron chi connectivity index (χ0n) is 23.2. The Morgan fingerprint density at radius 3 is 1.31 bits per heavy atom. The third-order valence-corrected chi connectivity index (χ3v) is 4.76. The molecule has 0 aromatic heterocycles. The van der Waals surface area contributed by atoms with Gasteiger partial charge in [-0.3, -0.25) is 9.59 Å². The van der Waals surface area contributed by atoms with Crippen LogP contribution in [0.2, 0.25) is 0 Å². The summed E-state index contributed by atoms with van der Waals surface area (Å²) in [6.07, 6.45) is -1.07. The van der Waals surface area contributed by atoms with E-state index in [9.17, 15) is 19.2 Å². The molecule has 0 saturated heterocycles. The van der Waals surface area contributed by atoms with E-state index in [0.29, 0.717) is 4.61 Å². The molecule has 0 aliphatic heterocycles. The Hall–Kier alpha value is -1.50. The number of nitrogens with one attached hydrogen (secondary N) is 2. The summed E-state index contributed by atoms with van der Waals surface area (Å²) >= 11 is 7.30. The average molecular weight is 651 g/mol. The van der Waals surface area contributed by atoms with E-state index in [1.54, 1.807) is 41.5 Å². The Kier molecular flexibility index (Phi) is 18.2. The topological polar surface area (TPSA) is 129 Å². The molecule has 0 aromatic carbocycles. The van der Waals surface area contributed by atoms with Crippen molar-refractivity contribution < 1.29 is 38.1 Å². The number of carbonyl (C=O) groups excluding carboxylic acids is 4. The van der Waals surface area contributed by atoms with E-state index in [1.807, 2.05) is 50.3 Å². The molecule has 12 heteroatoms. The monoisotopic (exact) mass is 650 g/mol. The first-order valence-electron chi connectivity index (χ1n) is 11.7. The van der Waals surface area contributed by atoms with Crippen molar-refractivity contribution >= 4 is 58.3 Å². The van der Waals surface area contributed by atoms with Gasteiger partial charge in [0.05, 0.1) is 11.8 Å². The number of hydrogen-bond donors (Lipinski definition) is 2. The lowest BCUT2D eigenvalue weighted by Gasteiger charge is -2.22. The number of hydrogen-bond acceptors (Lipinski definition) is 8. The Bertz CT molecular complexity index is 633. The first kappa shape index (κ1) is 36.7. The third-order valence-electron chi connectivity index (χ3n) is 4.34. The summed E-state index contributed by atoms with van der Waals surface area (Å²) in [4.78, 5) is 46.2. The van der Waals surface area contributed by atoms with Gasteiger partial charge in [0.1, 0.15) is 15.8 Å². The van der Waals surface area contributed by atoms with Gasteiger partial charge in [-0.25, -0.2) is 9.59 Å². The van der Waals surface area contributed by atoms with E-state index >= 15 is 0 Å². The zero-order valence-corrected chi connectivity index (χ0v) is 26.1. The fraction of sp³-hybridized carbons (Fsp3) is 0.833. The van der Waals surface area contributed by atoms with Gasteiger partial charge in [-0.2, -0.15) is 0 Å². The van der Waals surface area contributed by atoms with Crippen molar-refractivity contribution in [1.82, 2.24) is 10.6 Å². The lowest BCUT2D eigenvalue weighted by Crippen LogP contribution is -2.39. The van der Waals surface area contributed by atoms with Crippen LogP contribution in [0.15, 0.2) is 0 Å². The summed E-state index contributed by atoms with van der Waals surface area (Å²) in [7, 11) is 0. The molecule has 0 saturated carbocycles. The van der Waals surface area contributed by atoms with Gasteiger partial charge in [-0.05, 0) is 76.0 Å². The van der Waals surface area contributed by atoms with Crippen molar-refractivity contribution in [3.05, 3.63) is 0 Å². The predicted molar refractivity (Wildman–Crippen MR) is 147 cm³/mol. The number of halogens is 2. The molecule has 0 radical (unpaired) electrons. The van der Waals surface area contributed by atoms with Crippen molar-refractivity contribution in [3.8, 4) is 0 Å². The van der Waals surface area contributed by atoms with Crippen LogP contribution in [-0.2, 0) is 28.5 Å². The van der Waals surface area contributed by atoms with Gasteiger partial charge in [0.15, 0.2) is 6.07 Å². The second-order valence-electron chi connectivity index (χ2n) is 10.6. The highest BCUT2D eigenvalue weighted by atomic mass is 127. The minimum absolute atomic E-state index is 0.0376. The van der Waals surface area contributed by atoms with Gasteiger partial charge in [0.2, 0.25) is 0 Å². The van der Waals surface area contributed by atoms with Crippen LogP contribution in [0.3, 0.4) is 0 Å². The van der Waals surface area contributed by atoms with Crippen LogP contribution in [-0.4, -0.2) is 59.1 Å². The number of amides is 2. The normalized spacial score (nSPS) is 13.1. The smallest absolute Gasteiger partial charge is 0.407 e. The molecule has 0 aromatic rings. The zero-order chi connectivity index (χ0) is 28.7. The molecule has 0 aliphatic rings. The Morgan fingerprint density at radius 2 is 1.06 bits per heavy atom. The highest BCUT2D eigenvalue weighted by Gasteiger charge is 2.26. The Balaban J connectivity index is 0. The lowest BCUT2D eigenvalue weighted by atomic mass is 9.96. The molecular weight excluding hydrogens is 607 g/mol. The molecule has 0 spiro atoms. The average Bonchev–Trinajstić information content (AvgIpc) is 2.65. The number of rotatable bonds is 10. The molecule has 0 rings (SSSR count). The number of carbonyl (C=O) groups is 4. The van der Waals surface area contributed by atoms with Crippen LogP contribution in [0.25, 0.3) is 0 Å². The van der Waals surface area contributed by atoms with Crippen molar-refractivity contribution in [3.63, 3.8) is 0 Å². The fourth-order valence-corrected chi connectivity index (χ4v) is 2.93. The van der Waals surface area contributed by atoms with Crippen LogP contribution in [0.1, 0.15) is 69.2 Å². The maximum absolute atomic E-state index is 11.7. The van der Waals surface area contributed by atoms with Crippen molar-refractivity contribution in [2.24, 2.45) is 23.7 Å². The van der Waals surface area contributed by atoms with Crippen LogP contribution >= 0.6 is 34.2 Å². The summed E-state index contributed by atoms with van der Waals surface area (Å²) in [5.74, 6) is -1.37. The Labute approximate surface area is 234 Å². The van der Waals surface area contributed by atoms with Gasteiger partial charge < -0.3 is 29.6 Å². The summed E-state index contributed by atoms with van der Waals surface area (Å²) in [5.41, 5.74) is -1.10. The molecule has 2 amide bonds. The molecule has 0 bridgehead atoms. The number of alkyl carbamates (subject to hydrolysis) is 2. The van der Waals surface area contributed by atoms with E-state index < -0.39 is 35.3 Å². The van der Waals surface area contributed by atoms with Gasteiger partial charge in [-0.15, -0.1) is 0 Å². The van der Waals surface area contributed by atoms with E-state index in [0.717, 1.165) is 0 Å². The van der Waals surface area contributed by atoms with E-state index in [-0.39, 0.29) is 42.9 Å². The standard InChI is InChI=1S/C12H22ClNO4.C12H22INO4/c2*1-8(2)9(10(15)17-7-13)6-14-11(16)18-12(3,4)5/h2*8-9H,6-7H2,1-5H3,(H,14,16). The summed E-state index contributed by atoms with van der Waals surface area (Å²) in [6, 6.07) is -0.186. The maximum Gasteiger partial charge on any atom is 0.407 e. The minimum atomic E-state index is -0.561. The largest absolute Gasteiger partial charge is 0.455 e. The molecular formula is C24H44ClIN2O8. The quantitative estimate of drug-likeness (QED) is 0.142. The molecule has 0 heterocycles. The summed E-state index contributed by atoms with van der Waals surface area (Å²) in [6.45, 7) is 18.6. The first-order chi connectivity index (χ1) is 16.3. The van der Waals surface area contributed by atoms with E-state index in [4.69, 9.17) is 30.5 Å². The summed E-state index contributed by atoms with van der Waals surface area (Å²) in [5, 5.41) is 5.15. The molecule has 2 N–H and O–H groups in total. The van der Waals surface area contributed by atoms with Crippen LogP contribution < -0.4 is 10.6 Å². The molecule has 0 aliphatic carbocycles. The van der Waals surface area contributed by atoms with Crippen LogP contribution in [0.4, 0.5) is 9.59 Å². The molecule has 2 unspecified atom stereocenters. The second-order valence-corrected chi connectivity index (χ2v) is 11.5. The maximum atomic E-state index is 11.7. The van der Waals surface area contributed by atoms with E-state index in [2.05, 4.69) is 10.6 Å². The number of ether oxygens (including phenoxy) is 4. The Morgan fingerprint density at radius 1 is 0.722 bits per heavy atom. The van der Waals surface area contributed by atoms with Crippen molar-refractivity contribution in [1.29, 1.82) is 0 Å². The van der Waals surface area contributed by atoms with Gasteiger partial charge in [-0.1, -0.05) is 39.3 Å². The number of esters is 2. The third kappa shape index (κ3) is 19.7. The molecule has 0 fully saturated rings. The molecule has 212 valence electrons.